The molecule has 0 saturated carbocycles. The van der Waals surface area contributed by atoms with Gasteiger partial charge in [-0.05, 0) is 30.5 Å². The highest BCUT2D eigenvalue weighted by Gasteiger charge is 2.25. The Labute approximate surface area is 90.7 Å². The quantitative estimate of drug-likeness (QED) is 0.663. The lowest BCUT2D eigenvalue weighted by Crippen LogP contribution is -2.22. The Balaban J connectivity index is 2.53. The standard InChI is InChI=1S/C11H8BrNO/c12-10-4-3-8-2-1-7(6-13)5-9(8)11(10)14/h1-2,5,10H,3-4H2. The van der Waals surface area contributed by atoms with E-state index in [0.717, 1.165) is 18.4 Å². The number of nitrogens with zero attached hydrogens (tertiary/aromatic N) is 1. The minimum atomic E-state index is -0.0797. The highest BCUT2D eigenvalue weighted by atomic mass is 79.9. The number of nitriles is 1. The molecule has 1 unspecified atom stereocenters. The number of ketones is 1. The first-order valence-electron chi connectivity index (χ1n) is 4.43. The minimum Gasteiger partial charge on any atom is -0.293 e. The number of hydrogen-bond donors (Lipinski definition) is 0. The van der Waals surface area contributed by atoms with Gasteiger partial charge in [-0.15, -0.1) is 0 Å². The van der Waals surface area contributed by atoms with Crippen molar-refractivity contribution in [2.45, 2.75) is 17.7 Å². The second kappa shape index (κ2) is 3.55. The van der Waals surface area contributed by atoms with E-state index in [1.165, 1.54) is 0 Å². The Kier molecular flexibility index (Phi) is 2.39. The highest BCUT2D eigenvalue weighted by molar-refractivity contribution is 9.10. The molecule has 1 aliphatic carbocycles. The van der Waals surface area contributed by atoms with Crippen LogP contribution in [0.3, 0.4) is 0 Å². The van der Waals surface area contributed by atoms with Crippen molar-refractivity contribution < 1.29 is 4.79 Å². The third-order valence-electron chi connectivity index (χ3n) is 2.46. The van der Waals surface area contributed by atoms with Gasteiger partial charge in [0.1, 0.15) is 0 Å². The summed E-state index contributed by atoms with van der Waals surface area (Å²) in [6.45, 7) is 0. The maximum atomic E-state index is 11.7. The maximum Gasteiger partial charge on any atom is 0.176 e. The molecule has 0 aromatic heterocycles. The van der Waals surface area contributed by atoms with Crippen LogP contribution in [0, 0.1) is 11.3 Å². The first-order valence-corrected chi connectivity index (χ1v) is 5.35. The maximum absolute atomic E-state index is 11.7. The molecule has 0 amide bonds. The molecule has 2 nitrogen and oxygen atoms in total. The molecule has 0 heterocycles. The SMILES string of the molecule is N#Cc1ccc2c(c1)C(=O)C(Br)CC2. The number of rotatable bonds is 0. The summed E-state index contributed by atoms with van der Waals surface area (Å²) in [6.07, 6.45) is 1.75. The number of benzene rings is 1. The van der Waals surface area contributed by atoms with E-state index in [0.29, 0.717) is 11.1 Å². The number of halogens is 1. The van der Waals surface area contributed by atoms with E-state index in [2.05, 4.69) is 15.9 Å². The van der Waals surface area contributed by atoms with Crippen LogP contribution in [-0.4, -0.2) is 10.6 Å². The summed E-state index contributed by atoms with van der Waals surface area (Å²) in [7, 11) is 0. The van der Waals surface area contributed by atoms with E-state index in [1.807, 2.05) is 12.1 Å². The molecule has 1 aromatic carbocycles. The number of fused-ring (bicyclic) bond motifs is 1. The Hall–Kier alpha value is -1.14. The number of aryl methyl sites for hydroxylation is 1. The van der Waals surface area contributed by atoms with Crippen LogP contribution in [0.25, 0.3) is 0 Å². The summed E-state index contributed by atoms with van der Waals surface area (Å²) < 4.78 is 0. The molecule has 1 aliphatic rings. The van der Waals surface area contributed by atoms with Crippen molar-refractivity contribution in [2.75, 3.05) is 0 Å². The van der Waals surface area contributed by atoms with Crippen molar-refractivity contribution >= 4 is 21.7 Å². The summed E-state index contributed by atoms with van der Waals surface area (Å²) in [5.41, 5.74) is 2.32. The van der Waals surface area contributed by atoms with Crippen LogP contribution in [0.15, 0.2) is 18.2 Å². The minimum absolute atomic E-state index is 0.0797. The third-order valence-corrected chi connectivity index (χ3v) is 3.33. The van der Waals surface area contributed by atoms with E-state index in [9.17, 15) is 4.79 Å². The highest BCUT2D eigenvalue weighted by Crippen LogP contribution is 2.26. The second-order valence-corrected chi connectivity index (χ2v) is 4.46. The summed E-state index contributed by atoms with van der Waals surface area (Å²) in [4.78, 5) is 11.6. The van der Waals surface area contributed by atoms with Crippen LogP contribution >= 0.6 is 15.9 Å². The molecule has 0 saturated heterocycles. The molecule has 0 N–H and O–H groups in total. The van der Waals surface area contributed by atoms with Gasteiger partial charge in [0.15, 0.2) is 5.78 Å². The smallest absolute Gasteiger partial charge is 0.176 e. The predicted octanol–water partition coefficient (Wildman–Crippen LogP) is 2.45. The zero-order valence-electron chi connectivity index (χ0n) is 7.46. The number of Topliss-reactive ketones (excluding diaryl/α,β-unsaturated/α-hetero) is 1. The van der Waals surface area contributed by atoms with Crippen LogP contribution in [-0.2, 0) is 6.42 Å². The number of hydrogen-bond acceptors (Lipinski definition) is 2. The molecule has 0 aliphatic heterocycles. The topological polar surface area (TPSA) is 40.9 Å². The molecular weight excluding hydrogens is 242 g/mol. The Morgan fingerprint density at radius 1 is 1.50 bits per heavy atom. The molecule has 14 heavy (non-hydrogen) atoms. The molecule has 1 aromatic rings. The van der Waals surface area contributed by atoms with E-state index in [1.54, 1.807) is 12.1 Å². The molecule has 1 atom stereocenters. The summed E-state index contributed by atoms with van der Waals surface area (Å²) in [6, 6.07) is 7.37. The molecule has 0 fully saturated rings. The molecular formula is C11H8BrNO. The van der Waals surface area contributed by atoms with E-state index in [4.69, 9.17) is 5.26 Å². The molecule has 0 spiro atoms. The van der Waals surface area contributed by atoms with Gasteiger partial charge in [-0.1, -0.05) is 22.0 Å². The van der Waals surface area contributed by atoms with E-state index < -0.39 is 0 Å². The van der Waals surface area contributed by atoms with Gasteiger partial charge in [-0.25, -0.2) is 0 Å². The zero-order valence-corrected chi connectivity index (χ0v) is 9.04. The van der Waals surface area contributed by atoms with Crippen LogP contribution in [0.1, 0.15) is 27.9 Å². The van der Waals surface area contributed by atoms with Crippen LogP contribution in [0.4, 0.5) is 0 Å². The number of alkyl halides is 1. The van der Waals surface area contributed by atoms with Crippen molar-refractivity contribution in [2.24, 2.45) is 0 Å². The van der Waals surface area contributed by atoms with Crippen LogP contribution < -0.4 is 0 Å². The number of carbonyl (C=O) groups is 1. The average Bonchev–Trinajstić information content (AvgIpc) is 2.23. The fourth-order valence-corrected chi connectivity index (χ4v) is 2.15. The number of carbonyl (C=O) groups excluding carboxylic acids is 1. The van der Waals surface area contributed by atoms with E-state index in [-0.39, 0.29) is 10.6 Å². The van der Waals surface area contributed by atoms with Gasteiger partial charge < -0.3 is 0 Å². The van der Waals surface area contributed by atoms with Gasteiger partial charge in [0.25, 0.3) is 0 Å². The lowest BCUT2D eigenvalue weighted by molar-refractivity contribution is 0.0981. The van der Waals surface area contributed by atoms with Gasteiger partial charge in [-0.2, -0.15) is 5.26 Å². The normalized spacial score (nSPS) is 20.0. The first-order chi connectivity index (χ1) is 6.72. The Morgan fingerprint density at radius 2 is 2.29 bits per heavy atom. The van der Waals surface area contributed by atoms with Gasteiger partial charge in [-0.3, -0.25) is 4.79 Å². The van der Waals surface area contributed by atoms with Crippen molar-refractivity contribution in [3.05, 3.63) is 34.9 Å². The Bertz CT molecular complexity index is 433. The van der Waals surface area contributed by atoms with Crippen molar-refractivity contribution in [1.29, 1.82) is 5.26 Å². The van der Waals surface area contributed by atoms with Gasteiger partial charge in [0.2, 0.25) is 0 Å². The largest absolute Gasteiger partial charge is 0.293 e. The average molecular weight is 250 g/mol. The molecule has 2 rings (SSSR count). The van der Waals surface area contributed by atoms with Crippen molar-refractivity contribution in [1.82, 2.24) is 0 Å². The lowest BCUT2D eigenvalue weighted by Gasteiger charge is -2.18. The zero-order chi connectivity index (χ0) is 10.1. The predicted molar refractivity (Wildman–Crippen MR) is 56.5 cm³/mol. The molecule has 0 bridgehead atoms. The molecule has 70 valence electrons. The van der Waals surface area contributed by atoms with Gasteiger partial charge in [0.05, 0.1) is 16.5 Å². The lowest BCUT2D eigenvalue weighted by atomic mass is 9.89. The van der Waals surface area contributed by atoms with Gasteiger partial charge >= 0.3 is 0 Å². The van der Waals surface area contributed by atoms with Crippen molar-refractivity contribution in [3.63, 3.8) is 0 Å². The van der Waals surface area contributed by atoms with E-state index >= 15 is 0 Å². The van der Waals surface area contributed by atoms with Crippen LogP contribution in [0.5, 0.6) is 0 Å². The fourth-order valence-electron chi connectivity index (χ4n) is 1.68. The van der Waals surface area contributed by atoms with Crippen LogP contribution in [0.2, 0.25) is 0 Å². The summed E-state index contributed by atoms with van der Waals surface area (Å²) in [5, 5.41) is 8.72. The second-order valence-electron chi connectivity index (χ2n) is 3.35. The monoisotopic (exact) mass is 249 g/mol. The molecule has 3 heteroatoms. The first kappa shape index (κ1) is 9.42. The summed E-state index contributed by atoms with van der Waals surface area (Å²) >= 11 is 3.34. The fraction of sp³-hybridized carbons (Fsp3) is 0.273. The third kappa shape index (κ3) is 1.46. The Morgan fingerprint density at radius 3 is 3.00 bits per heavy atom. The van der Waals surface area contributed by atoms with Gasteiger partial charge in [0, 0.05) is 5.56 Å². The molecule has 0 radical (unpaired) electrons. The van der Waals surface area contributed by atoms with Crippen molar-refractivity contribution in [3.8, 4) is 6.07 Å². The summed E-state index contributed by atoms with van der Waals surface area (Å²) in [5.74, 6) is 0.100.